The third-order valence-corrected chi connectivity index (χ3v) is 8.27. The number of rotatable bonds is 5. The minimum atomic E-state index is -3.15. The number of aromatic nitrogens is 1. The van der Waals surface area contributed by atoms with Crippen LogP contribution in [0.3, 0.4) is 0 Å². The normalized spacial score (nSPS) is 19.5. The Morgan fingerprint density at radius 3 is 2.48 bits per heavy atom. The number of hydrogen-bond acceptors (Lipinski definition) is 5. The first kappa shape index (κ1) is 23.3. The quantitative estimate of drug-likeness (QED) is 0.592. The van der Waals surface area contributed by atoms with Crippen molar-refractivity contribution in [3.05, 3.63) is 64.3 Å². The summed E-state index contributed by atoms with van der Waals surface area (Å²) in [4.78, 5) is 26.3. The lowest BCUT2D eigenvalue weighted by atomic mass is 10.0. The molecule has 2 heterocycles. The molecule has 0 spiro atoms. The highest BCUT2D eigenvalue weighted by Gasteiger charge is 2.39. The van der Waals surface area contributed by atoms with E-state index < -0.39 is 15.4 Å². The maximum absolute atomic E-state index is 13.4. The highest BCUT2D eigenvalue weighted by atomic mass is 35.5. The first-order chi connectivity index (χ1) is 15.5. The Kier molecular flexibility index (Phi) is 6.01. The number of methoxy groups -OCH3 is 1. The van der Waals surface area contributed by atoms with Gasteiger partial charge in [-0.3, -0.25) is 14.2 Å². The molecule has 0 bridgehead atoms. The van der Waals surface area contributed by atoms with Crippen LogP contribution in [0.25, 0.3) is 10.9 Å². The van der Waals surface area contributed by atoms with Gasteiger partial charge in [-0.2, -0.15) is 0 Å². The molecule has 1 atom stereocenters. The van der Waals surface area contributed by atoms with Crippen LogP contribution in [-0.4, -0.2) is 49.0 Å². The van der Waals surface area contributed by atoms with Crippen LogP contribution in [0.2, 0.25) is 5.02 Å². The maximum Gasteiger partial charge on any atom is 0.262 e. The van der Waals surface area contributed by atoms with Crippen LogP contribution in [-0.2, 0) is 21.1 Å². The van der Waals surface area contributed by atoms with Crippen molar-refractivity contribution in [1.29, 1.82) is 0 Å². The number of ether oxygens (including phenoxy) is 1. The van der Waals surface area contributed by atoms with Gasteiger partial charge in [0.15, 0.2) is 9.84 Å². The summed E-state index contributed by atoms with van der Waals surface area (Å²) in [6.07, 6.45) is 0.386. The van der Waals surface area contributed by atoms with Gasteiger partial charge in [0.2, 0.25) is 5.91 Å². The molecule has 7 nitrogen and oxygen atoms in total. The fourth-order valence-corrected chi connectivity index (χ4v) is 6.67. The molecule has 1 saturated heterocycles. The Labute approximate surface area is 197 Å². The topological polar surface area (TPSA) is 94.5 Å². The van der Waals surface area contributed by atoms with Gasteiger partial charge in [0, 0.05) is 21.7 Å². The Hall–Kier alpha value is -2.84. The van der Waals surface area contributed by atoms with Gasteiger partial charge in [0.05, 0.1) is 36.1 Å². The van der Waals surface area contributed by atoms with E-state index in [1.807, 2.05) is 0 Å². The molecular formula is C24H25ClN2O5S. The van der Waals surface area contributed by atoms with Gasteiger partial charge in [-0.05, 0) is 68.3 Å². The van der Waals surface area contributed by atoms with Crippen LogP contribution < -0.4 is 10.1 Å². The fraction of sp³-hybridized carbons (Fsp3) is 0.333. The summed E-state index contributed by atoms with van der Waals surface area (Å²) < 4.78 is 30.8. The Balaban J connectivity index is 1.73. The van der Waals surface area contributed by atoms with Crippen molar-refractivity contribution >= 4 is 44.2 Å². The summed E-state index contributed by atoms with van der Waals surface area (Å²) in [5.41, 5.74) is 1.66. The monoisotopic (exact) mass is 488 g/mol. The molecule has 1 amide bonds. The molecule has 33 heavy (non-hydrogen) atoms. The average Bonchev–Trinajstić information content (AvgIpc) is 3.19. The lowest BCUT2D eigenvalue weighted by Gasteiger charge is -2.24. The molecule has 174 valence electrons. The zero-order valence-corrected chi connectivity index (χ0v) is 20.2. The molecule has 0 radical (unpaired) electrons. The molecule has 1 aliphatic heterocycles. The summed E-state index contributed by atoms with van der Waals surface area (Å²) >= 11 is 5.97. The second kappa shape index (κ2) is 8.50. The van der Waals surface area contributed by atoms with E-state index >= 15 is 0 Å². The lowest BCUT2D eigenvalue weighted by Crippen LogP contribution is -2.47. The van der Waals surface area contributed by atoms with Crippen molar-refractivity contribution in [2.24, 2.45) is 0 Å². The number of carbonyl (C=O) groups excluding carboxylic acids is 2. The first-order valence-electron chi connectivity index (χ1n) is 10.5. The summed E-state index contributed by atoms with van der Waals surface area (Å²) in [5.74, 6) is 0.0667. The second-order valence-corrected chi connectivity index (χ2v) is 11.3. The highest BCUT2D eigenvalue weighted by Crippen LogP contribution is 2.31. The molecule has 0 saturated carbocycles. The fourth-order valence-electron chi connectivity index (χ4n) is 4.45. The number of amides is 1. The van der Waals surface area contributed by atoms with E-state index in [-0.39, 0.29) is 29.7 Å². The van der Waals surface area contributed by atoms with E-state index in [0.29, 0.717) is 39.5 Å². The minimum Gasteiger partial charge on any atom is -0.497 e. The maximum atomic E-state index is 13.4. The van der Waals surface area contributed by atoms with Gasteiger partial charge in [-0.1, -0.05) is 11.6 Å². The van der Waals surface area contributed by atoms with E-state index in [9.17, 15) is 18.0 Å². The van der Waals surface area contributed by atoms with E-state index in [0.717, 1.165) is 5.39 Å². The van der Waals surface area contributed by atoms with Gasteiger partial charge in [-0.15, -0.1) is 0 Å². The van der Waals surface area contributed by atoms with E-state index in [1.54, 1.807) is 68.0 Å². The predicted octanol–water partition coefficient (Wildman–Crippen LogP) is 3.54. The molecule has 3 aromatic rings. The molecule has 4 rings (SSSR count). The van der Waals surface area contributed by atoms with Crippen LogP contribution in [0.5, 0.6) is 5.75 Å². The number of fused-ring (bicyclic) bond motifs is 1. The second-order valence-electron chi connectivity index (χ2n) is 8.72. The Morgan fingerprint density at radius 2 is 1.88 bits per heavy atom. The predicted molar refractivity (Wildman–Crippen MR) is 128 cm³/mol. The highest BCUT2D eigenvalue weighted by molar-refractivity contribution is 7.91. The first-order valence-corrected chi connectivity index (χ1v) is 12.7. The van der Waals surface area contributed by atoms with Gasteiger partial charge < -0.3 is 10.1 Å². The number of hydrogen-bond donors (Lipinski definition) is 1. The van der Waals surface area contributed by atoms with Gasteiger partial charge in [0.1, 0.15) is 5.75 Å². The number of carbonyl (C=O) groups is 2. The number of benzene rings is 2. The SMILES string of the molecule is COc1ccc2c(c1)c(CC(=O)N[C@@]1(C)CCS(=O)(=O)C1)c(C)n2C(=O)c1ccc(Cl)cc1. The van der Waals surface area contributed by atoms with Crippen molar-refractivity contribution in [3.63, 3.8) is 0 Å². The molecule has 2 aromatic carbocycles. The van der Waals surface area contributed by atoms with E-state index in [2.05, 4.69) is 5.32 Å². The molecular weight excluding hydrogens is 464 g/mol. The third-order valence-electron chi connectivity index (χ3n) is 6.12. The van der Waals surface area contributed by atoms with Gasteiger partial charge in [0.25, 0.3) is 5.91 Å². The van der Waals surface area contributed by atoms with E-state index in [1.165, 1.54) is 0 Å². The van der Waals surface area contributed by atoms with Crippen LogP contribution >= 0.6 is 11.6 Å². The van der Waals surface area contributed by atoms with Crippen LogP contribution in [0.4, 0.5) is 0 Å². The van der Waals surface area contributed by atoms with Crippen LogP contribution in [0.15, 0.2) is 42.5 Å². The lowest BCUT2D eigenvalue weighted by molar-refractivity contribution is -0.121. The zero-order chi connectivity index (χ0) is 24.0. The number of nitrogens with zero attached hydrogens (tertiary/aromatic N) is 1. The third kappa shape index (κ3) is 4.63. The average molecular weight is 489 g/mol. The van der Waals surface area contributed by atoms with Crippen molar-refractivity contribution < 1.29 is 22.7 Å². The van der Waals surface area contributed by atoms with Crippen molar-refractivity contribution in [3.8, 4) is 5.75 Å². The van der Waals surface area contributed by atoms with E-state index in [4.69, 9.17) is 16.3 Å². The standard InChI is InChI=1S/C24H25ClN2O5S/c1-15-19(13-22(28)26-24(2)10-11-33(30,31)14-24)20-12-18(32-3)8-9-21(20)27(15)23(29)16-4-6-17(25)7-5-16/h4-9,12H,10-11,13-14H2,1-3H3,(H,26,28)/t24-/m0/s1. The Bertz CT molecular complexity index is 1360. The number of nitrogens with one attached hydrogen (secondary N) is 1. The largest absolute Gasteiger partial charge is 0.497 e. The summed E-state index contributed by atoms with van der Waals surface area (Å²) in [6, 6.07) is 12.0. The molecule has 0 aliphatic carbocycles. The molecule has 1 aliphatic rings. The molecule has 9 heteroatoms. The van der Waals surface area contributed by atoms with Crippen molar-refractivity contribution in [2.45, 2.75) is 32.2 Å². The molecule has 1 N–H and O–H groups in total. The summed E-state index contributed by atoms with van der Waals surface area (Å²) in [7, 11) is -1.60. The summed E-state index contributed by atoms with van der Waals surface area (Å²) in [6.45, 7) is 3.54. The molecule has 1 fully saturated rings. The molecule has 1 aromatic heterocycles. The Morgan fingerprint density at radius 1 is 1.18 bits per heavy atom. The van der Waals surface area contributed by atoms with Crippen molar-refractivity contribution in [2.75, 3.05) is 18.6 Å². The van der Waals surface area contributed by atoms with Crippen LogP contribution in [0.1, 0.15) is 35.0 Å². The van der Waals surface area contributed by atoms with Crippen LogP contribution in [0, 0.1) is 6.92 Å². The minimum absolute atomic E-state index is 0.00599. The van der Waals surface area contributed by atoms with Gasteiger partial charge >= 0.3 is 0 Å². The molecule has 0 unspecified atom stereocenters. The smallest absolute Gasteiger partial charge is 0.262 e. The summed E-state index contributed by atoms with van der Waals surface area (Å²) in [5, 5.41) is 4.16. The number of sulfone groups is 1. The zero-order valence-electron chi connectivity index (χ0n) is 18.6. The van der Waals surface area contributed by atoms with Gasteiger partial charge in [-0.25, -0.2) is 8.42 Å². The number of halogens is 1. The van der Waals surface area contributed by atoms with Crippen molar-refractivity contribution in [1.82, 2.24) is 9.88 Å².